The van der Waals surface area contributed by atoms with Gasteiger partial charge in [0.05, 0.1) is 5.41 Å². The standard InChI is InChI=1S/C37H35N3O2/c1-24-13-17-26(18-14-24)21-29-22-40(3)23-36(34(29)41)32(27-19-15-25(2)16-20-27)33(28-9-5-4-6-10-28)39-37(36)30-11-7-8-12-31(30)38-35(37)42/h4-21,32-33,39H,22-23H2,1-3H3,(H,38,42)/b29-21+/t32-,33-,36-,37-/m0/s1. The molecule has 5 nitrogen and oxygen atoms in total. The van der Waals surface area contributed by atoms with Crippen LogP contribution in [0, 0.1) is 19.3 Å². The first-order chi connectivity index (χ1) is 20.3. The molecule has 210 valence electrons. The number of aryl methyl sites for hydroxylation is 2. The van der Waals surface area contributed by atoms with Gasteiger partial charge >= 0.3 is 0 Å². The number of likely N-dealkylation sites (N-methyl/N-ethyl adjacent to an activating group) is 1. The van der Waals surface area contributed by atoms with E-state index in [-0.39, 0.29) is 23.7 Å². The van der Waals surface area contributed by atoms with Gasteiger partial charge in [-0.3, -0.25) is 14.9 Å². The summed E-state index contributed by atoms with van der Waals surface area (Å²) >= 11 is 0. The second-order valence-electron chi connectivity index (χ2n) is 12.2. The van der Waals surface area contributed by atoms with E-state index >= 15 is 4.79 Å². The number of para-hydroxylation sites is 1. The molecule has 0 radical (unpaired) electrons. The molecule has 0 saturated carbocycles. The number of nitrogens with zero attached hydrogens (tertiary/aromatic N) is 1. The summed E-state index contributed by atoms with van der Waals surface area (Å²) < 4.78 is 0. The molecule has 2 fully saturated rings. The highest BCUT2D eigenvalue weighted by Crippen LogP contribution is 2.65. The maximum Gasteiger partial charge on any atom is 0.250 e. The molecule has 0 aliphatic carbocycles. The van der Waals surface area contributed by atoms with Crippen molar-refractivity contribution in [3.8, 4) is 0 Å². The van der Waals surface area contributed by atoms with Crippen molar-refractivity contribution in [3.63, 3.8) is 0 Å². The Morgan fingerprint density at radius 3 is 2.14 bits per heavy atom. The molecule has 4 aromatic rings. The van der Waals surface area contributed by atoms with Crippen molar-refractivity contribution in [2.24, 2.45) is 5.41 Å². The zero-order valence-corrected chi connectivity index (χ0v) is 24.2. The molecular weight excluding hydrogens is 518 g/mol. The summed E-state index contributed by atoms with van der Waals surface area (Å²) in [5.41, 5.74) is 5.34. The third kappa shape index (κ3) is 3.84. The van der Waals surface area contributed by atoms with Crippen LogP contribution in [-0.4, -0.2) is 36.7 Å². The number of Topliss-reactive ketones (excluding diaryl/α,β-unsaturated/α-hetero) is 1. The minimum atomic E-state index is -1.27. The van der Waals surface area contributed by atoms with E-state index in [1.54, 1.807) is 0 Å². The van der Waals surface area contributed by atoms with Crippen LogP contribution in [0.2, 0.25) is 0 Å². The Hall–Kier alpha value is -4.32. The number of carbonyl (C=O) groups is 2. The Labute approximate surface area is 247 Å². The first-order valence-corrected chi connectivity index (χ1v) is 14.6. The molecule has 0 unspecified atom stereocenters. The maximum absolute atomic E-state index is 15.4. The lowest BCUT2D eigenvalue weighted by atomic mass is 9.55. The van der Waals surface area contributed by atoms with E-state index in [1.165, 1.54) is 5.56 Å². The fourth-order valence-electron chi connectivity index (χ4n) is 7.70. The van der Waals surface area contributed by atoms with Gasteiger partial charge in [-0.15, -0.1) is 0 Å². The summed E-state index contributed by atoms with van der Waals surface area (Å²) in [6, 6.07) is 34.6. The molecule has 42 heavy (non-hydrogen) atoms. The molecule has 3 aliphatic heterocycles. The first-order valence-electron chi connectivity index (χ1n) is 14.6. The number of carbonyl (C=O) groups excluding carboxylic acids is 2. The molecule has 2 saturated heterocycles. The fraction of sp³-hybridized carbons (Fsp3) is 0.243. The normalized spacial score (nSPS) is 28.0. The summed E-state index contributed by atoms with van der Waals surface area (Å²) in [7, 11) is 2.06. The molecular formula is C37H35N3O2. The summed E-state index contributed by atoms with van der Waals surface area (Å²) in [5.74, 6) is -0.448. The van der Waals surface area contributed by atoms with Crippen LogP contribution in [0.3, 0.4) is 0 Å². The third-order valence-corrected chi connectivity index (χ3v) is 9.50. The van der Waals surface area contributed by atoms with Crippen LogP contribution in [-0.2, 0) is 15.1 Å². The average Bonchev–Trinajstić information content (AvgIpc) is 3.46. The summed E-state index contributed by atoms with van der Waals surface area (Å²) in [5, 5.41) is 7.04. The zero-order valence-electron chi connectivity index (χ0n) is 24.2. The molecule has 4 aromatic carbocycles. The van der Waals surface area contributed by atoms with Gasteiger partial charge in [0.2, 0.25) is 0 Å². The predicted octanol–water partition coefficient (Wildman–Crippen LogP) is 6.16. The van der Waals surface area contributed by atoms with E-state index in [0.717, 1.165) is 39.1 Å². The summed E-state index contributed by atoms with van der Waals surface area (Å²) in [6.45, 7) is 5.09. The topological polar surface area (TPSA) is 61.4 Å². The lowest BCUT2D eigenvalue weighted by molar-refractivity contribution is -0.141. The van der Waals surface area contributed by atoms with Gasteiger partial charge in [0.1, 0.15) is 5.54 Å². The lowest BCUT2D eigenvalue weighted by Gasteiger charge is -2.49. The number of likely N-dealkylation sites (tertiary alicyclic amines) is 1. The van der Waals surface area contributed by atoms with Gasteiger partial charge in [-0.2, -0.15) is 0 Å². The van der Waals surface area contributed by atoms with Crippen molar-refractivity contribution in [1.82, 2.24) is 10.2 Å². The van der Waals surface area contributed by atoms with Crippen LogP contribution in [0.25, 0.3) is 6.08 Å². The molecule has 4 atom stereocenters. The van der Waals surface area contributed by atoms with Gasteiger partial charge in [-0.05, 0) is 49.7 Å². The Kier molecular flexibility index (Phi) is 6.26. The van der Waals surface area contributed by atoms with Crippen molar-refractivity contribution in [1.29, 1.82) is 0 Å². The number of nitrogens with one attached hydrogen (secondary N) is 2. The van der Waals surface area contributed by atoms with E-state index < -0.39 is 11.0 Å². The minimum absolute atomic E-state index is 0.0320. The molecule has 3 aliphatic rings. The van der Waals surface area contributed by atoms with E-state index in [0.29, 0.717) is 13.1 Å². The van der Waals surface area contributed by atoms with E-state index in [4.69, 9.17) is 0 Å². The van der Waals surface area contributed by atoms with E-state index in [1.807, 2.05) is 48.5 Å². The van der Waals surface area contributed by atoms with Gasteiger partial charge < -0.3 is 10.2 Å². The number of fused-ring (bicyclic) bond motifs is 3. The highest BCUT2D eigenvalue weighted by Gasteiger charge is 2.74. The van der Waals surface area contributed by atoms with Crippen LogP contribution in [0.1, 0.15) is 45.3 Å². The Morgan fingerprint density at radius 1 is 0.786 bits per heavy atom. The smallest absolute Gasteiger partial charge is 0.250 e. The van der Waals surface area contributed by atoms with Gasteiger partial charge in [-0.25, -0.2) is 0 Å². The minimum Gasteiger partial charge on any atom is -0.324 e. The van der Waals surface area contributed by atoms with Crippen LogP contribution in [0.15, 0.2) is 109 Å². The predicted molar refractivity (Wildman–Crippen MR) is 167 cm³/mol. The second-order valence-corrected chi connectivity index (χ2v) is 12.2. The molecule has 3 heterocycles. The van der Waals surface area contributed by atoms with Crippen molar-refractivity contribution >= 4 is 23.5 Å². The van der Waals surface area contributed by atoms with E-state index in [9.17, 15) is 4.79 Å². The van der Waals surface area contributed by atoms with Gasteiger partial charge in [-0.1, -0.05) is 108 Å². The Balaban J connectivity index is 1.53. The molecule has 7 rings (SSSR count). The zero-order chi connectivity index (χ0) is 29.1. The number of hydrogen-bond acceptors (Lipinski definition) is 4. The van der Waals surface area contributed by atoms with E-state index in [2.05, 4.69) is 97.1 Å². The second kappa shape index (κ2) is 9.90. The number of piperidine rings is 1. The third-order valence-electron chi connectivity index (χ3n) is 9.50. The van der Waals surface area contributed by atoms with Crippen LogP contribution in [0.4, 0.5) is 5.69 Å². The van der Waals surface area contributed by atoms with Crippen molar-refractivity contribution in [3.05, 3.63) is 142 Å². The fourth-order valence-corrected chi connectivity index (χ4v) is 7.70. The lowest BCUT2D eigenvalue weighted by Crippen LogP contribution is -2.65. The van der Waals surface area contributed by atoms with Crippen LogP contribution >= 0.6 is 0 Å². The maximum atomic E-state index is 15.4. The number of amides is 1. The molecule has 0 bridgehead atoms. The molecule has 2 spiro atoms. The van der Waals surface area contributed by atoms with Crippen molar-refractivity contribution in [2.75, 3.05) is 25.5 Å². The molecule has 1 amide bonds. The molecule has 5 heteroatoms. The first kappa shape index (κ1) is 26.6. The van der Waals surface area contributed by atoms with Crippen molar-refractivity contribution < 1.29 is 9.59 Å². The number of benzene rings is 4. The number of anilines is 1. The summed E-state index contributed by atoms with van der Waals surface area (Å²) in [4.78, 5) is 32.1. The number of hydrogen-bond donors (Lipinski definition) is 2. The van der Waals surface area contributed by atoms with Gasteiger partial charge in [0, 0.05) is 41.9 Å². The monoisotopic (exact) mass is 553 g/mol. The SMILES string of the molecule is Cc1ccc(/C=C2\CN(C)C[C@@]3(C2=O)[C@@H](c2ccc(C)cc2)[C@H](c2ccccc2)N[C@@]32C(=O)Nc3ccccc32)cc1. The highest BCUT2D eigenvalue weighted by atomic mass is 16.2. The Morgan fingerprint density at radius 2 is 1.43 bits per heavy atom. The Bertz CT molecular complexity index is 1710. The molecule has 0 aromatic heterocycles. The molecule has 2 N–H and O–H groups in total. The largest absolute Gasteiger partial charge is 0.324 e. The summed E-state index contributed by atoms with van der Waals surface area (Å²) in [6.07, 6.45) is 2.02. The van der Waals surface area contributed by atoms with Crippen LogP contribution in [0.5, 0.6) is 0 Å². The number of ketones is 1. The van der Waals surface area contributed by atoms with Gasteiger partial charge in [0.15, 0.2) is 5.78 Å². The highest BCUT2D eigenvalue weighted by molar-refractivity contribution is 6.16. The van der Waals surface area contributed by atoms with Crippen molar-refractivity contribution in [2.45, 2.75) is 31.3 Å². The number of rotatable bonds is 3. The average molecular weight is 554 g/mol. The quantitative estimate of drug-likeness (QED) is 0.298. The van der Waals surface area contributed by atoms with Gasteiger partial charge in [0.25, 0.3) is 5.91 Å². The van der Waals surface area contributed by atoms with Crippen LogP contribution < -0.4 is 10.6 Å².